The van der Waals surface area contributed by atoms with Gasteiger partial charge in [0.15, 0.2) is 0 Å². The quantitative estimate of drug-likeness (QED) is 0.0397. The van der Waals surface area contributed by atoms with Gasteiger partial charge >= 0.3 is 18.0 Å². The van der Waals surface area contributed by atoms with Gasteiger partial charge in [-0.05, 0) is 144 Å². The second-order valence-electron chi connectivity index (χ2n) is 26.6. The molecule has 0 radical (unpaired) electrons. The Labute approximate surface area is 512 Å². The molecule has 12 nitrogen and oxygen atoms in total. The first-order chi connectivity index (χ1) is 41.8. The molecule has 1 aliphatic heterocycles. The maximum atomic E-state index is 14.7. The molecular weight excluding hydrogens is 1080 g/mol. The van der Waals surface area contributed by atoms with Gasteiger partial charge in [0.2, 0.25) is 6.29 Å². The molecule has 5 aromatic rings. The van der Waals surface area contributed by atoms with Gasteiger partial charge in [-0.1, -0.05) is 206 Å². The molecule has 10 rings (SSSR count). The van der Waals surface area contributed by atoms with Crippen LogP contribution in [0.5, 0.6) is 0 Å². The molecule has 15 atom stereocenters. The lowest BCUT2D eigenvalue weighted by atomic mass is 9.44. The van der Waals surface area contributed by atoms with Crippen molar-refractivity contribution in [2.24, 2.45) is 52.3 Å². The molecule has 1 amide bonds. The molecule has 0 bridgehead atoms. The highest BCUT2D eigenvalue weighted by Crippen LogP contribution is 2.68. The number of rotatable bonds is 27. The molecule has 462 valence electrons. The summed E-state index contributed by atoms with van der Waals surface area (Å²) in [6, 6.07) is 47.6. The first-order valence-corrected chi connectivity index (χ1v) is 32.4. The monoisotopic (exact) mass is 1170 g/mol. The molecule has 5 fully saturated rings. The molecular formula is C74H95NO11. The zero-order valence-corrected chi connectivity index (χ0v) is 51.6. The summed E-state index contributed by atoms with van der Waals surface area (Å²) in [5.74, 6) is 3.75. The van der Waals surface area contributed by atoms with Gasteiger partial charge in [0.05, 0.1) is 33.0 Å². The van der Waals surface area contributed by atoms with Crippen molar-refractivity contribution in [2.45, 2.75) is 200 Å². The van der Waals surface area contributed by atoms with E-state index in [1.165, 1.54) is 51.4 Å². The standard InChI is InChI=1S/C74H95NO11/c1-51(2)22-21-23-52(3)61-36-37-62-60-35-34-58-44-59(40-42-73(58,4)63(60)41-43-74(61,62)5)84-70(77)64(75-72(78)83-49-57-32-19-10-20-33-57)38-39-66(76)86-71-69(82-48-56-30-17-9-18-31-56)68(81-47-55-28-15-8-16-29-55)67(80-46-54-26-13-7-14-27-54)65(85-71)50-79-45-53-24-11-6-12-25-53/h6-20,24-33,51-52,58-65,67-69,71H,21-23,34-50H2,1-5H3,(H,75,78)/t52-,58+,59+,60+,61-,62+,63+,64?,65-,67-,68+,69-,71-,73+,74-/m1/s1. The van der Waals surface area contributed by atoms with E-state index in [4.69, 9.17) is 37.9 Å². The summed E-state index contributed by atoms with van der Waals surface area (Å²) in [5.41, 5.74) is 5.17. The van der Waals surface area contributed by atoms with Crippen molar-refractivity contribution >= 4 is 18.0 Å². The normalized spacial score (nSPS) is 29.3. The van der Waals surface area contributed by atoms with Crippen LogP contribution in [0.15, 0.2) is 152 Å². The average molecular weight is 1170 g/mol. The molecule has 86 heavy (non-hydrogen) atoms. The third kappa shape index (κ3) is 16.2. The van der Waals surface area contributed by atoms with Crippen LogP contribution in [0.1, 0.15) is 152 Å². The van der Waals surface area contributed by atoms with Crippen LogP contribution in [0.4, 0.5) is 4.79 Å². The molecule has 0 spiro atoms. The Morgan fingerprint density at radius 3 is 1.69 bits per heavy atom. The van der Waals surface area contributed by atoms with Gasteiger partial charge in [-0.2, -0.15) is 0 Å². The fraction of sp³-hybridized carbons (Fsp3) is 0.554. The number of fused-ring (bicyclic) bond motifs is 5. The highest BCUT2D eigenvalue weighted by atomic mass is 16.7. The molecule has 5 aromatic carbocycles. The topological polar surface area (TPSA) is 137 Å². The molecule has 12 heteroatoms. The highest BCUT2D eigenvalue weighted by Gasteiger charge is 2.61. The van der Waals surface area contributed by atoms with Gasteiger partial charge in [0, 0.05) is 6.42 Å². The number of carbonyl (C=O) groups is 3. The maximum Gasteiger partial charge on any atom is 0.408 e. The van der Waals surface area contributed by atoms with E-state index in [0.717, 1.165) is 83.1 Å². The predicted molar refractivity (Wildman–Crippen MR) is 332 cm³/mol. The number of hydrogen-bond acceptors (Lipinski definition) is 11. The van der Waals surface area contributed by atoms with E-state index in [0.29, 0.717) is 23.9 Å². The minimum atomic E-state index is -1.30. The summed E-state index contributed by atoms with van der Waals surface area (Å²) in [6.07, 6.45) is 8.14. The second-order valence-corrected chi connectivity index (χ2v) is 26.6. The predicted octanol–water partition coefficient (Wildman–Crippen LogP) is 15.3. The number of carbonyl (C=O) groups excluding carboxylic acids is 3. The number of alkyl carbamates (subject to hydrolysis) is 1. The van der Waals surface area contributed by atoms with Gasteiger partial charge in [0.1, 0.15) is 43.2 Å². The van der Waals surface area contributed by atoms with Crippen molar-refractivity contribution in [3.05, 3.63) is 179 Å². The molecule has 1 unspecified atom stereocenters. The number of hydrogen-bond donors (Lipinski definition) is 1. The van der Waals surface area contributed by atoms with Crippen molar-refractivity contribution in [3.8, 4) is 0 Å². The lowest BCUT2D eigenvalue weighted by molar-refractivity contribution is -0.320. The van der Waals surface area contributed by atoms with Crippen molar-refractivity contribution < 1.29 is 52.3 Å². The number of nitrogens with one attached hydrogen (secondary N) is 1. The summed E-state index contributed by atoms with van der Waals surface area (Å²) >= 11 is 0. The van der Waals surface area contributed by atoms with Gasteiger partial charge in [-0.3, -0.25) is 4.79 Å². The fourth-order valence-electron chi connectivity index (χ4n) is 16.0. The van der Waals surface area contributed by atoms with E-state index in [-0.39, 0.29) is 57.4 Å². The number of amides is 1. The van der Waals surface area contributed by atoms with Crippen molar-refractivity contribution in [3.63, 3.8) is 0 Å². The Bertz CT molecular complexity index is 2860. The molecule has 1 heterocycles. The fourth-order valence-corrected chi connectivity index (χ4v) is 16.0. The molecule has 1 N–H and O–H groups in total. The van der Waals surface area contributed by atoms with Crippen molar-refractivity contribution in [1.29, 1.82) is 0 Å². The van der Waals surface area contributed by atoms with Crippen LogP contribution in [0.2, 0.25) is 0 Å². The van der Waals surface area contributed by atoms with Crippen LogP contribution in [0, 0.1) is 52.3 Å². The lowest BCUT2D eigenvalue weighted by Crippen LogP contribution is -2.62. The SMILES string of the molecule is CC(C)CCC[C@@H](C)[C@H]1CC[C@H]2[C@@H]3CC[C@H]4C[C@@H](OC(=O)C(CCC(=O)O[C@H]5O[C@H](COCc6ccccc6)[C@@H](OCc6ccccc6)[C@H](OCc6ccccc6)[C@H]5OCc5ccccc5)NC(=O)OCc5ccccc5)CC[C@]4(C)[C@H]3CC[C@]12C. The number of ether oxygens (including phenoxy) is 8. The van der Waals surface area contributed by atoms with Gasteiger partial charge in [-0.15, -0.1) is 0 Å². The Kier molecular flexibility index (Phi) is 22.3. The average Bonchev–Trinajstić information content (AvgIpc) is 1.39. The van der Waals surface area contributed by atoms with Crippen LogP contribution < -0.4 is 5.32 Å². The Morgan fingerprint density at radius 2 is 1.09 bits per heavy atom. The Hall–Kier alpha value is -5.89. The van der Waals surface area contributed by atoms with Crippen LogP contribution in [-0.4, -0.2) is 67.5 Å². The molecule has 1 saturated heterocycles. The number of benzene rings is 5. The number of esters is 2. The zero-order chi connectivity index (χ0) is 59.9. The summed E-state index contributed by atoms with van der Waals surface area (Å²) in [7, 11) is 0. The molecule has 5 aliphatic rings. The van der Waals surface area contributed by atoms with E-state index in [1.807, 2.05) is 152 Å². The van der Waals surface area contributed by atoms with Crippen molar-refractivity contribution in [2.75, 3.05) is 6.61 Å². The largest absolute Gasteiger partial charge is 0.461 e. The molecule has 4 aliphatic carbocycles. The van der Waals surface area contributed by atoms with E-state index in [2.05, 4.69) is 39.9 Å². The Morgan fingerprint density at radius 1 is 0.558 bits per heavy atom. The third-order valence-electron chi connectivity index (χ3n) is 20.6. The first kappa shape index (κ1) is 63.1. The van der Waals surface area contributed by atoms with Gasteiger partial charge in [-0.25, -0.2) is 9.59 Å². The highest BCUT2D eigenvalue weighted by molar-refractivity contribution is 5.82. The van der Waals surface area contributed by atoms with Crippen LogP contribution in [0.3, 0.4) is 0 Å². The maximum absolute atomic E-state index is 14.7. The molecule has 0 aromatic heterocycles. The summed E-state index contributed by atoms with van der Waals surface area (Å²) in [4.78, 5) is 42.9. The Balaban J connectivity index is 0.843. The summed E-state index contributed by atoms with van der Waals surface area (Å²) in [6.45, 7) is 13.4. The van der Waals surface area contributed by atoms with E-state index in [1.54, 1.807) is 0 Å². The summed E-state index contributed by atoms with van der Waals surface area (Å²) in [5, 5.41) is 2.80. The van der Waals surface area contributed by atoms with Crippen LogP contribution >= 0.6 is 0 Å². The minimum Gasteiger partial charge on any atom is -0.461 e. The smallest absolute Gasteiger partial charge is 0.408 e. The third-order valence-corrected chi connectivity index (χ3v) is 20.6. The first-order valence-electron chi connectivity index (χ1n) is 32.4. The van der Waals surface area contributed by atoms with E-state index in [9.17, 15) is 14.4 Å². The summed E-state index contributed by atoms with van der Waals surface area (Å²) < 4.78 is 52.2. The second kappa shape index (κ2) is 30.3. The van der Waals surface area contributed by atoms with Gasteiger partial charge in [0.25, 0.3) is 0 Å². The minimum absolute atomic E-state index is 0.00268. The van der Waals surface area contributed by atoms with Crippen LogP contribution in [-0.2, 0) is 80.5 Å². The van der Waals surface area contributed by atoms with Crippen molar-refractivity contribution in [1.82, 2.24) is 5.32 Å². The lowest BCUT2D eigenvalue weighted by Gasteiger charge is -2.61. The van der Waals surface area contributed by atoms with E-state index >= 15 is 0 Å². The molecule has 4 saturated carbocycles. The van der Waals surface area contributed by atoms with E-state index < -0.39 is 54.8 Å². The van der Waals surface area contributed by atoms with Crippen LogP contribution in [0.25, 0.3) is 0 Å². The zero-order valence-electron chi connectivity index (χ0n) is 51.6. The van der Waals surface area contributed by atoms with Gasteiger partial charge < -0.3 is 43.2 Å².